The number of para-hydroxylation sites is 1. The van der Waals surface area contributed by atoms with Crippen LogP contribution < -0.4 is 0 Å². The second-order valence-electron chi connectivity index (χ2n) is 17.6. The summed E-state index contributed by atoms with van der Waals surface area (Å²) in [5, 5.41) is 11.5. The Morgan fingerprint density at radius 3 is 1.46 bits per heavy atom. The van der Waals surface area contributed by atoms with Gasteiger partial charge in [-0.25, -0.2) is 15.0 Å². The molecule has 0 saturated heterocycles. The summed E-state index contributed by atoms with van der Waals surface area (Å²) in [6, 6.07) is 82.1. The molecule has 0 bridgehead atoms. The number of aromatic nitrogens is 4. The van der Waals surface area contributed by atoms with Gasteiger partial charge in [-0.1, -0.05) is 176 Å². The fraction of sp³-hybridized carbons (Fsp3) is 0. The van der Waals surface area contributed by atoms with E-state index in [0.29, 0.717) is 17.5 Å². The highest BCUT2D eigenvalue weighted by Crippen LogP contribution is 2.46. The number of rotatable bonds is 6. The van der Waals surface area contributed by atoms with Gasteiger partial charge in [0.2, 0.25) is 0 Å². The molecule has 5 nitrogen and oxygen atoms in total. The van der Waals surface area contributed by atoms with Crippen molar-refractivity contribution in [1.82, 2.24) is 19.5 Å². The van der Waals surface area contributed by atoms with Crippen molar-refractivity contribution >= 4 is 76.1 Å². The van der Waals surface area contributed by atoms with Crippen LogP contribution in [0.3, 0.4) is 0 Å². The third kappa shape index (κ3) is 6.14. The molecular formula is C63H38N4O. The lowest BCUT2D eigenvalue weighted by molar-refractivity contribution is 0.669. The Kier molecular flexibility index (Phi) is 8.52. The number of fused-ring (bicyclic) bond motifs is 9. The van der Waals surface area contributed by atoms with Crippen molar-refractivity contribution < 1.29 is 4.42 Å². The molecule has 14 rings (SSSR count). The zero-order valence-corrected chi connectivity index (χ0v) is 36.6. The first-order valence-corrected chi connectivity index (χ1v) is 23.0. The molecule has 316 valence electrons. The lowest BCUT2D eigenvalue weighted by Gasteiger charge is -2.21. The van der Waals surface area contributed by atoms with Crippen molar-refractivity contribution in [1.29, 1.82) is 0 Å². The topological polar surface area (TPSA) is 56.7 Å². The summed E-state index contributed by atoms with van der Waals surface area (Å²) in [6.07, 6.45) is 0. The Labute approximate surface area is 390 Å². The molecule has 0 spiro atoms. The predicted molar refractivity (Wildman–Crippen MR) is 281 cm³/mol. The molecule has 0 N–H and O–H groups in total. The number of hydrogen-bond donors (Lipinski definition) is 0. The van der Waals surface area contributed by atoms with Crippen LogP contribution in [0, 0.1) is 0 Å². The maximum Gasteiger partial charge on any atom is 0.164 e. The van der Waals surface area contributed by atoms with Gasteiger partial charge in [0.05, 0.1) is 16.7 Å². The van der Waals surface area contributed by atoms with Gasteiger partial charge in [-0.3, -0.25) is 0 Å². The maximum absolute atomic E-state index is 6.39. The average Bonchev–Trinajstić information content (AvgIpc) is 3.94. The van der Waals surface area contributed by atoms with Crippen LogP contribution in [0.5, 0.6) is 0 Å². The lowest BCUT2D eigenvalue weighted by atomic mass is 9.91. The Bertz CT molecular complexity index is 4230. The Balaban J connectivity index is 1.13. The summed E-state index contributed by atoms with van der Waals surface area (Å²) in [7, 11) is 0. The summed E-state index contributed by atoms with van der Waals surface area (Å²) >= 11 is 0. The standard InChI is InChI=1S/C63H38N4O/c1-3-17-40(18-4-1)51-35-48(62-64-61(41-19-5-2-6-20-41)65-63(66-62)50-27-15-29-58-59(50)49-26-13-14-28-57(49)68-58)36-52(47-31-30-39-16-7-8-21-42(39)32-47)60(51)67-55-37-45-24-11-9-22-43(45)33-53(55)54-34-44-23-10-12-25-46(44)38-56(54)67/h1-38H. The fourth-order valence-electron chi connectivity index (χ4n) is 10.4. The van der Waals surface area contributed by atoms with Crippen molar-refractivity contribution in [3.8, 4) is 62.1 Å². The van der Waals surface area contributed by atoms with Crippen LogP contribution in [-0.4, -0.2) is 19.5 Å². The van der Waals surface area contributed by atoms with E-state index in [1.165, 1.54) is 37.7 Å². The Morgan fingerprint density at radius 1 is 0.294 bits per heavy atom. The molecule has 68 heavy (non-hydrogen) atoms. The van der Waals surface area contributed by atoms with Crippen LogP contribution in [0.15, 0.2) is 235 Å². The van der Waals surface area contributed by atoms with Crippen LogP contribution in [0.25, 0.3) is 138 Å². The van der Waals surface area contributed by atoms with Crippen molar-refractivity contribution in [3.05, 3.63) is 231 Å². The molecule has 0 amide bonds. The SMILES string of the molecule is c1ccc(-c2nc(-c3cc(-c4ccccc4)c(-n4c5cc6ccccc6cc5c5cc6ccccc6cc54)c(-c4ccc5ccccc5c4)c3)nc(-c3cccc4oc5ccccc5c34)n2)cc1. The molecule has 0 aliphatic heterocycles. The second kappa shape index (κ2) is 15.2. The van der Waals surface area contributed by atoms with E-state index in [0.717, 1.165) is 83.0 Å². The van der Waals surface area contributed by atoms with E-state index in [4.69, 9.17) is 19.4 Å². The third-order valence-electron chi connectivity index (χ3n) is 13.5. The van der Waals surface area contributed by atoms with Crippen LogP contribution in [0.4, 0.5) is 0 Å². The molecule has 3 aromatic heterocycles. The van der Waals surface area contributed by atoms with Gasteiger partial charge in [-0.15, -0.1) is 0 Å². The van der Waals surface area contributed by atoms with Crippen molar-refractivity contribution in [3.63, 3.8) is 0 Å². The zero-order valence-electron chi connectivity index (χ0n) is 36.6. The minimum absolute atomic E-state index is 0.573. The van der Waals surface area contributed by atoms with Crippen LogP contribution in [0.1, 0.15) is 0 Å². The first kappa shape index (κ1) is 38.1. The first-order valence-electron chi connectivity index (χ1n) is 23.0. The minimum Gasteiger partial charge on any atom is -0.456 e. The van der Waals surface area contributed by atoms with Crippen molar-refractivity contribution in [2.45, 2.75) is 0 Å². The van der Waals surface area contributed by atoms with E-state index in [2.05, 4.69) is 187 Å². The van der Waals surface area contributed by atoms with Crippen LogP contribution in [-0.2, 0) is 0 Å². The molecule has 0 aliphatic carbocycles. The van der Waals surface area contributed by atoms with E-state index < -0.39 is 0 Å². The van der Waals surface area contributed by atoms with Crippen molar-refractivity contribution in [2.24, 2.45) is 0 Å². The number of hydrogen-bond acceptors (Lipinski definition) is 4. The molecule has 0 radical (unpaired) electrons. The number of benzene rings is 11. The summed E-state index contributed by atoms with van der Waals surface area (Å²) < 4.78 is 8.90. The van der Waals surface area contributed by atoms with E-state index in [9.17, 15) is 0 Å². The van der Waals surface area contributed by atoms with E-state index in [1.807, 2.05) is 48.5 Å². The monoisotopic (exact) mass is 866 g/mol. The molecule has 0 fully saturated rings. The highest BCUT2D eigenvalue weighted by atomic mass is 16.3. The average molecular weight is 867 g/mol. The summed E-state index contributed by atoms with van der Waals surface area (Å²) in [5.41, 5.74) is 11.9. The van der Waals surface area contributed by atoms with Gasteiger partial charge >= 0.3 is 0 Å². The third-order valence-corrected chi connectivity index (χ3v) is 13.5. The summed E-state index contributed by atoms with van der Waals surface area (Å²) in [5.74, 6) is 1.74. The highest BCUT2D eigenvalue weighted by Gasteiger charge is 2.25. The van der Waals surface area contributed by atoms with Gasteiger partial charge in [0, 0.05) is 49.4 Å². The van der Waals surface area contributed by atoms with E-state index in [-0.39, 0.29) is 0 Å². The first-order chi connectivity index (χ1) is 33.7. The Hall–Kier alpha value is -9.19. The second-order valence-corrected chi connectivity index (χ2v) is 17.6. The van der Waals surface area contributed by atoms with Gasteiger partial charge in [0.15, 0.2) is 17.5 Å². The minimum atomic E-state index is 0.573. The number of furan rings is 1. The Morgan fingerprint density at radius 2 is 0.794 bits per heavy atom. The molecule has 3 heterocycles. The largest absolute Gasteiger partial charge is 0.456 e. The molecule has 0 saturated carbocycles. The van der Waals surface area contributed by atoms with Crippen molar-refractivity contribution in [2.75, 3.05) is 0 Å². The smallest absolute Gasteiger partial charge is 0.164 e. The summed E-state index contributed by atoms with van der Waals surface area (Å²) in [4.78, 5) is 16.0. The van der Waals surface area contributed by atoms with Gasteiger partial charge in [-0.2, -0.15) is 0 Å². The zero-order chi connectivity index (χ0) is 44.7. The molecule has 11 aromatic carbocycles. The molecular weight excluding hydrogens is 829 g/mol. The highest BCUT2D eigenvalue weighted by molar-refractivity contribution is 6.18. The molecule has 5 heteroatoms. The predicted octanol–water partition coefficient (Wildman–Crippen LogP) is 16.7. The molecule has 0 atom stereocenters. The van der Waals surface area contributed by atoms with Crippen LogP contribution in [0.2, 0.25) is 0 Å². The fourth-order valence-corrected chi connectivity index (χ4v) is 10.4. The molecule has 0 unspecified atom stereocenters. The van der Waals surface area contributed by atoms with Gasteiger partial charge in [-0.05, 0) is 98.0 Å². The lowest BCUT2D eigenvalue weighted by Crippen LogP contribution is -2.04. The maximum atomic E-state index is 6.39. The molecule has 14 aromatic rings. The summed E-state index contributed by atoms with van der Waals surface area (Å²) in [6.45, 7) is 0. The van der Waals surface area contributed by atoms with Gasteiger partial charge in [0.25, 0.3) is 0 Å². The molecule has 0 aliphatic rings. The van der Waals surface area contributed by atoms with Gasteiger partial charge in [0.1, 0.15) is 11.2 Å². The van der Waals surface area contributed by atoms with E-state index >= 15 is 0 Å². The van der Waals surface area contributed by atoms with Gasteiger partial charge < -0.3 is 8.98 Å². The number of nitrogens with zero attached hydrogens (tertiary/aromatic N) is 4. The van der Waals surface area contributed by atoms with Crippen LogP contribution >= 0.6 is 0 Å². The quantitative estimate of drug-likeness (QED) is 0.167. The van der Waals surface area contributed by atoms with E-state index in [1.54, 1.807) is 0 Å². The normalized spacial score (nSPS) is 11.8.